The largest absolute Gasteiger partial charge is 0.353 e. The fourth-order valence-electron chi connectivity index (χ4n) is 3.86. The first-order valence-corrected chi connectivity index (χ1v) is 12.2. The van der Waals surface area contributed by atoms with E-state index in [2.05, 4.69) is 34.4 Å². The zero-order chi connectivity index (χ0) is 24.9. The molecule has 35 heavy (non-hydrogen) atoms. The molecule has 0 bridgehead atoms. The SMILES string of the molecule is CC(C)c1ccc(NC(=O)Nc2ccc(N3CCN(C(=O)c4ccc(Cl)cc4Cl)CC3)nc2)cc1. The molecule has 3 amide bonds. The lowest BCUT2D eigenvalue weighted by atomic mass is 10.0. The maximum absolute atomic E-state index is 12.8. The van der Waals surface area contributed by atoms with Crippen LogP contribution in [0.5, 0.6) is 0 Å². The minimum absolute atomic E-state index is 0.108. The summed E-state index contributed by atoms with van der Waals surface area (Å²) < 4.78 is 0. The van der Waals surface area contributed by atoms with Crippen LogP contribution in [0.3, 0.4) is 0 Å². The molecule has 7 nitrogen and oxygen atoms in total. The molecule has 1 aliphatic heterocycles. The first-order valence-electron chi connectivity index (χ1n) is 11.4. The molecule has 0 radical (unpaired) electrons. The van der Waals surface area contributed by atoms with Gasteiger partial charge in [-0.1, -0.05) is 49.2 Å². The predicted molar refractivity (Wildman–Crippen MR) is 142 cm³/mol. The van der Waals surface area contributed by atoms with Crippen molar-refractivity contribution in [3.63, 3.8) is 0 Å². The third kappa shape index (κ3) is 6.24. The molecule has 3 aromatic rings. The second-order valence-corrected chi connectivity index (χ2v) is 9.51. The molecule has 0 unspecified atom stereocenters. The van der Waals surface area contributed by atoms with E-state index in [1.54, 1.807) is 29.3 Å². The topological polar surface area (TPSA) is 77.6 Å². The van der Waals surface area contributed by atoms with Crippen molar-refractivity contribution >= 4 is 52.3 Å². The number of anilines is 3. The molecule has 182 valence electrons. The maximum atomic E-state index is 12.8. The number of benzene rings is 2. The number of rotatable bonds is 5. The Kier molecular flexibility index (Phi) is 7.78. The van der Waals surface area contributed by atoms with Crippen LogP contribution in [-0.2, 0) is 0 Å². The lowest BCUT2D eigenvalue weighted by Gasteiger charge is -2.35. The number of urea groups is 1. The average Bonchev–Trinajstić information content (AvgIpc) is 2.84. The van der Waals surface area contributed by atoms with Gasteiger partial charge in [-0.2, -0.15) is 0 Å². The zero-order valence-electron chi connectivity index (χ0n) is 19.6. The van der Waals surface area contributed by atoms with Crippen molar-refractivity contribution in [2.75, 3.05) is 41.7 Å². The van der Waals surface area contributed by atoms with E-state index in [0.717, 1.165) is 11.5 Å². The summed E-state index contributed by atoms with van der Waals surface area (Å²) >= 11 is 12.1. The van der Waals surface area contributed by atoms with E-state index in [0.29, 0.717) is 53.4 Å². The number of carbonyl (C=O) groups excluding carboxylic acids is 2. The van der Waals surface area contributed by atoms with Crippen molar-refractivity contribution < 1.29 is 9.59 Å². The summed E-state index contributed by atoms with van der Waals surface area (Å²) in [6.07, 6.45) is 1.63. The summed E-state index contributed by atoms with van der Waals surface area (Å²) in [5.74, 6) is 1.12. The Hall–Kier alpha value is -3.29. The van der Waals surface area contributed by atoms with Crippen LogP contribution in [0.15, 0.2) is 60.8 Å². The zero-order valence-corrected chi connectivity index (χ0v) is 21.1. The predicted octanol–water partition coefficient (Wildman–Crippen LogP) is 6.12. The van der Waals surface area contributed by atoms with Gasteiger partial charge in [-0.3, -0.25) is 4.79 Å². The van der Waals surface area contributed by atoms with Gasteiger partial charge in [-0.15, -0.1) is 0 Å². The van der Waals surface area contributed by atoms with Crippen LogP contribution in [0.2, 0.25) is 10.0 Å². The summed E-state index contributed by atoms with van der Waals surface area (Å²) in [6.45, 7) is 6.65. The van der Waals surface area contributed by atoms with Gasteiger partial charge >= 0.3 is 6.03 Å². The van der Waals surface area contributed by atoms with E-state index < -0.39 is 0 Å². The Labute approximate surface area is 215 Å². The Morgan fingerprint density at radius 3 is 2.14 bits per heavy atom. The molecule has 2 aromatic carbocycles. The number of nitrogens with one attached hydrogen (secondary N) is 2. The third-order valence-electron chi connectivity index (χ3n) is 5.89. The second kappa shape index (κ2) is 11.0. The maximum Gasteiger partial charge on any atom is 0.323 e. The number of carbonyl (C=O) groups is 2. The highest BCUT2D eigenvalue weighted by Gasteiger charge is 2.24. The van der Waals surface area contributed by atoms with Gasteiger partial charge in [0.05, 0.1) is 22.5 Å². The molecule has 0 spiro atoms. The molecule has 0 aliphatic carbocycles. The number of hydrogen-bond donors (Lipinski definition) is 2. The fourth-order valence-corrected chi connectivity index (χ4v) is 4.35. The molecule has 0 atom stereocenters. The van der Waals surface area contributed by atoms with Crippen LogP contribution in [-0.4, -0.2) is 48.0 Å². The van der Waals surface area contributed by atoms with Gasteiger partial charge in [-0.05, 0) is 53.9 Å². The summed E-state index contributed by atoms with van der Waals surface area (Å²) in [4.78, 5) is 33.5. The van der Waals surface area contributed by atoms with E-state index >= 15 is 0 Å². The molecule has 2 heterocycles. The van der Waals surface area contributed by atoms with Gasteiger partial charge in [0.1, 0.15) is 5.82 Å². The first-order chi connectivity index (χ1) is 16.8. The number of halogens is 2. The highest BCUT2D eigenvalue weighted by Crippen LogP contribution is 2.24. The van der Waals surface area contributed by atoms with Gasteiger partial charge in [-0.25, -0.2) is 9.78 Å². The molecule has 9 heteroatoms. The van der Waals surface area contributed by atoms with Crippen LogP contribution >= 0.6 is 23.2 Å². The summed E-state index contributed by atoms with van der Waals surface area (Å²) in [5, 5.41) is 6.48. The van der Waals surface area contributed by atoms with Gasteiger partial charge in [0, 0.05) is 36.9 Å². The van der Waals surface area contributed by atoms with Crippen LogP contribution in [0.1, 0.15) is 35.7 Å². The first kappa shape index (κ1) is 24.8. The molecule has 1 aliphatic rings. The highest BCUT2D eigenvalue weighted by molar-refractivity contribution is 6.36. The van der Waals surface area contributed by atoms with Gasteiger partial charge in [0.2, 0.25) is 0 Å². The smallest absolute Gasteiger partial charge is 0.323 e. The minimum Gasteiger partial charge on any atom is -0.353 e. The Morgan fingerprint density at radius 2 is 1.54 bits per heavy atom. The van der Waals surface area contributed by atoms with E-state index in [9.17, 15) is 9.59 Å². The highest BCUT2D eigenvalue weighted by atomic mass is 35.5. The van der Waals surface area contributed by atoms with E-state index in [1.807, 2.05) is 36.4 Å². The van der Waals surface area contributed by atoms with Crippen molar-refractivity contribution in [3.8, 4) is 0 Å². The molecular formula is C26H27Cl2N5O2. The third-order valence-corrected chi connectivity index (χ3v) is 6.44. The van der Waals surface area contributed by atoms with Crippen molar-refractivity contribution in [3.05, 3.63) is 82.0 Å². The lowest BCUT2D eigenvalue weighted by Crippen LogP contribution is -2.49. The van der Waals surface area contributed by atoms with E-state index in [4.69, 9.17) is 23.2 Å². The Bertz CT molecular complexity index is 1190. The molecular weight excluding hydrogens is 485 g/mol. The van der Waals surface area contributed by atoms with Gasteiger partial charge in [0.25, 0.3) is 5.91 Å². The summed E-state index contributed by atoms with van der Waals surface area (Å²) in [6, 6.07) is 16.0. The van der Waals surface area contributed by atoms with Crippen LogP contribution in [0.25, 0.3) is 0 Å². The molecule has 2 N–H and O–H groups in total. The van der Waals surface area contributed by atoms with Crippen molar-refractivity contribution in [2.24, 2.45) is 0 Å². The normalized spacial score (nSPS) is 13.6. The Morgan fingerprint density at radius 1 is 0.886 bits per heavy atom. The Balaban J connectivity index is 1.29. The van der Waals surface area contributed by atoms with Crippen LogP contribution < -0.4 is 15.5 Å². The average molecular weight is 512 g/mol. The molecule has 4 rings (SSSR count). The number of nitrogens with zero attached hydrogens (tertiary/aromatic N) is 3. The summed E-state index contributed by atoms with van der Waals surface area (Å²) in [5.41, 5.74) is 2.99. The standard InChI is InChI=1S/C26H27Cl2N5O2/c1-17(2)18-3-6-20(7-4-18)30-26(35)31-21-8-10-24(29-16-21)32-11-13-33(14-12-32)25(34)22-9-5-19(27)15-23(22)28/h3-10,15-17H,11-14H2,1-2H3,(H2,30,31,35). The summed E-state index contributed by atoms with van der Waals surface area (Å²) in [7, 11) is 0. The lowest BCUT2D eigenvalue weighted by molar-refractivity contribution is 0.0746. The number of aromatic nitrogens is 1. The van der Waals surface area contributed by atoms with E-state index in [-0.39, 0.29) is 11.9 Å². The van der Waals surface area contributed by atoms with Crippen molar-refractivity contribution in [2.45, 2.75) is 19.8 Å². The monoisotopic (exact) mass is 511 g/mol. The van der Waals surface area contributed by atoms with Gasteiger partial charge < -0.3 is 20.4 Å². The minimum atomic E-state index is -0.329. The van der Waals surface area contributed by atoms with Crippen molar-refractivity contribution in [1.82, 2.24) is 9.88 Å². The molecule has 1 saturated heterocycles. The molecule has 0 saturated carbocycles. The van der Waals surface area contributed by atoms with E-state index in [1.165, 1.54) is 5.56 Å². The second-order valence-electron chi connectivity index (χ2n) is 8.66. The number of amides is 3. The molecule has 1 fully saturated rings. The number of hydrogen-bond acceptors (Lipinski definition) is 4. The van der Waals surface area contributed by atoms with Crippen LogP contribution in [0.4, 0.5) is 22.0 Å². The molecule has 1 aromatic heterocycles. The number of pyridine rings is 1. The van der Waals surface area contributed by atoms with Crippen molar-refractivity contribution in [1.29, 1.82) is 0 Å². The van der Waals surface area contributed by atoms with Crippen LogP contribution in [0, 0.1) is 0 Å². The van der Waals surface area contributed by atoms with Gasteiger partial charge in [0.15, 0.2) is 0 Å². The quantitative estimate of drug-likeness (QED) is 0.432. The fraction of sp³-hybridized carbons (Fsp3) is 0.269. The number of piperazine rings is 1.